The number of Topliss-reactive ketones (excluding diaryl/α,β-unsaturated/α-hetero) is 1. The van der Waals surface area contributed by atoms with Gasteiger partial charge in [0.25, 0.3) is 0 Å². The number of hydrogen-bond acceptors (Lipinski definition) is 3. The van der Waals surface area contributed by atoms with Gasteiger partial charge in [0, 0.05) is 12.7 Å². The van der Waals surface area contributed by atoms with Gasteiger partial charge in [0.05, 0.1) is 6.10 Å². The standard InChI is InChI=1S/C13H22O3/c1-8(2)16-11-9(12(3,4)5)10(14)13(11,6)15-7/h8H,1-7H3. The lowest BCUT2D eigenvalue weighted by Crippen LogP contribution is -2.54. The Balaban J connectivity index is 3.18. The summed E-state index contributed by atoms with van der Waals surface area (Å²) in [5.41, 5.74) is -0.322. The number of methoxy groups -OCH3 is 1. The first-order chi connectivity index (χ1) is 7.14. The van der Waals surface area contributed by atoms with Crippen molar-refractivity contribution in [2.45, 2.75) is 53.2 Å². The molecule has 0 fully saturated rings. The van der Waals surface area contributed by atoms with Crippen LogP contribution in [0.15, 0.2) is 11.3 Å². The fraction of sp³-hybridized carbons (Fsp3) is 0.769. The monoisotopic (exact) mass is 226 g/mol. The molecule has 0 radical (unpaired) electrons. The molecular formula is C13H22O3. The number of ether oxygens (including phenoxy) is 2. The first kappa shape index (κ1) is 13.2. The molecule has 92 valence electrons. The lowest BCUT2D eigenvalue weighted by molar-refractivity contribution is -0.145. The van der Waals surface area contributed by atoms with E-state index >= 15 is 0 Å². The third kappa shape index (κ3) is 1.88. The fourth-order valence-electron chi connectivity index (χ4n) is 1.89. The number of carbonyl (C=O) groups excluding carboxylic acids is 1. The highest BCUT2D eigenvalue weighted by atomic mass is 16.6. The number of rotatable bonds is 3. The molecule has 0 bridgehead atoms. The lowest BCUT2D eigenvalue weighted by atomic mass is 9.68. The van der Waals surface area contributed by atoms with Crippen molar-refractivity contribution in [1.29, 1.82) is 0 Å². The summed E-state index contributed by atoms with van der Waals surface area (Å²) in [6.07, 6.45) is 0.0509. The number of carbonyl (C=O) groups is 1. The average molecular weight is 226 g/mol. The van der Waals surface area contributed by atoms with Crippen LogP contribution < -0.4 is 0 Å². The van der Waals surface area contributed by atoms with Crippen LogP contribution in [0.3, 0.4) is 0 Å². The first-order valence-corrected chi connectivity index (χ1v) is 5.66. The minimum Gasteiger partial charge on any atom is -0.491 e. The number of ketones is 1. The van der Waals surface area contributed by atoms with Crippen LogP contribution in [0.5, 0.6) is 0 Å². The summed E-state index contributed by atoms with van der Waals surface area (Å²) in [6.45, 7) is 11.7. The van der Waals surface area contributed by atoms with E-state index in [9.17, 15) is 4.79 Å². The molecular weight excluding hydrogens is 204 g/mol. The van der Waals surface area contributed by atoms with E-state index in [1.54, 1.807) is 14.0 Å². The molecule has 1 unspecified atom stereocenters. The van der Waals surface area contributed by atoms with Gasteiger partial charge in [-0.1, -0.05) is 20.8 Å². The minimum absolute atomic E-state index is 0.0400. The lowest BCUT2D eigenvalue weighted by Gasteiger charge is -2.44. The van der Waals surface area contributed by atoms with Gasteiger partial charge in [-0.2, -0.15) is 0 Å². The highest BCUT2D eigenvalue weighted by Gasteiger charge is 2.56. The maximum Gasteiger partial charge on any atom is 0.202 e. The molecule has 0 saturated carbocycles. The Hall–Kier alpha value is -0.830. The van der Waals surface area contributed by atoms with E-state index in [1.807, 2.05) is 34.6 Å². The molecule has 1 aliphatic carbocycles. The maximum absolute atomic E-state index is 12.1. The highest BCUT2D eigenvalue weighted by molar-refractivity contribution is 6.12. The smallest absolute Gasteiger partial charge is 0.202 e. The van der Waals surface area contributed by atoms with Gasteiger partial charge in [-0.15, -0.1) is 0 Å². The van der Waals surface area contributed by atoms with Gasteiger partial charge < -0.3 is 9.47 Å². The second-order valence-corrected chi connectivity index (χ2v) is 5.69. The molecule has 3 nitrogen and oxygen atoms in total. The molecule has 1 rings (SSSR count). The van der Waals surface area contributed by atoms with Gasteiger partial charge in [0.1, 0.15) is 5.76 Å². The van der Waals surface area contributed by atoms with E-state index in [0.29, 0.717) is 5.76 Å². The van der Waals surface area contributed by atoms with Crippen molar-refractivity contribution < 1.29 is 14.3 Å². The quantitative estimate of drug-likeness (QED) is 0.742. The van der Waals surface area contributed by atoms with E-state index in [-0.39, 0.29) is 17.3 Å². The van der Waals surface area contributed by atoms with E-state index in [2.05, 4.69) is 0 Å². The molecule has 0 aromatic rings. The van der Waals surface area contributed by atoms with E-state index in [0.717, 1.165) is 5.57 Å². The molecule has 3 heteroatoms. The van der Waals surface area contributed by atoms with Crippen LogP contribution in [-0.2, 0) is 14.3 Å². The zero-order valence-electron chi connectivity index (χ0n) is 11.3. The summed E-state index contributed by atoms with van der Waals surface area (Å²) in [4.78, 5) is 12.1. The summed E-state index contributed by atoms with van der Waals surface area (Å²) in [5, 5.41) is 0. The largest absolute Gasteiger partial charge is 0.491 e. The van der Waals surface area contributed by atoms with E-state index in [1.165, 1.54) is 0 Å². The topological polar surface area (TPSA) is 35.5 Å². The van der Waals surface area contributed by atoms with Crippen LogP contribution >= 0.6 is 0 Å². The molecule has 1 aliphatic rings. The maximum atomic E-state index is 12.1. The minimum atomic E-state index is -0.882. The second kappa shape index (κ2) is 3.88. The third-order valence-corrected chi connectivity index (χ3v) is 2.83. The highest BCUT2D eigenvalue weighted by Crippen LogP contribution is 2.46. The average Bonchev–Trinajstić information content (AvgIpc) is 2.13. The van der Waals surface area contributed by atoms with Gasteiger partial charge in [-0.05, 0) is 26.2 Å². The summed E-state index contributed by atoms with van der Waals surface area (Å²) in [7, 11) is 1.54. The molecule has 1 atom stereocenters. The van der Waals surface area contributed by atoms with Crippen molar-refractivity contribution in [3.8, 4) is 0 Å². The molecule has 0 amide bonds. The molecule has 0 saturated heterocycles. The van der Waals surface area contributed by atoms with Gasteiger partial charge in [0.2, 0.25) is 5.78 Å². The van der Waals surface area contributed by atoms with Crippen LogP contribution in [0.1, 0.15) is 41.5 Å². The summed E-state index contributed by atoms with van der Waals surface area (Å²) < 4.78 is 11.0. The third-order valence-electron chi connectivity index (χ3n) is 2.83. The molecule has 0 heterocycles. The van der Waals surface area contributed by atoms with Crippen molar-refractivity contribution in [1.82, 2.24) is 0 Å². The number of hydrogen-bond donors (Lipinski definition) is 0. The molecule has 0 aliphatic heterocycles. The van der Waals surface area contributed by atoms with Gasteiger partial charge >= 0.3 is 0 Å². The molecule has 16 heavy (non-hydrogen) atoms. The SMILES string of the molecule is COC1(C)C(=O)C(C(C)(C)C)=C1OC(C)C. The second-order valence-electron chi connectivity index (χ2n) is 5.69. The Bertz CT molecular complexity index is 334. The summed E-state index contributed by atoms with van der Waals surface area (Å²) >= 11 is 0. The Labute approximate surface area is 97.8 Å². The summed E-state index contributed by atoms with van der Waals surface area (Å²) in [5.74, 6) is 0.737. The van der Waals surface area contributed by atoms with E-state index < -0.39 is 5.60 Å². The fourth-order valence-corrected chi connectivity index (χ4v) is 1.89. The predicted octanol–water partition coefficient (Wildman–Crippen LogP) is 2.70. The Morgan fingerprint density at radius 3 is 2.06 bits per heavy atom. The zero-order chi connectivity index (χ0) is 12.7. The van der Waals surface area contributed by atoms with Crippen LogP contribution in [0, 0.1) is 5.41 Å². The molecule has 0 N–H and O–H groups in total. The molecule has 0 aromatic carbocycles. The van der Waals surface area contributed by atoms with Crippen LogP contribution in [-0.4, -0.2) is 24.6 Å². The Kier molecular flexibility index (Phi) is 3.21. The molecule has 0 spiro atoms. The predicted molar refractivity (Wildman–Crippen MR) is 63.1 cm³/mol. The van der Waals surface area contributed by atoms with Crippen molar-refractivity contribution in [2.75, 3.05) is 7.11 Å². The molecule has 0 aromatic heterocycles. The van der Waals surface area contributed by atoms with Crippen molar-refractivity contribution >= 4 is 5.78 Å². The van der Waals surface area contributed by atoms with Crippen molar-refractivity contribution in [3.63, 3.8) is 0 Å². The van der Waals surface area contributed by atoms with Crippen LogP contribution in [0.2, 0.25) is 0 Å². The summed E-state index contributed by atoms with van der Waals surface area (Å²) in [6, 6.07) is 0. The van der Waals surface area contributed by atoms with Crippen LogP contribution in [0.4, 0.5) is 0 Å². The first-order valence-electron chi connectivity index (χ1n) is 5.66. The van der Waals surface area contributed by atoms with Gasteiger partial charge in [-0.25, -0.2) is 0 Å². The Morgan fingerprint density at radius 1 is 1.25 bits per heavy atom. The van der Waals surface area contributed by atoms with Crippen LogP contribution in [0.25, 0.3) is 0 Å². The van der Waals surface area contributed by atoms with Crippen molar-refractivity contribution in [3.05, 3.63) is 11.3 Å². The normalized spacial score (nSPS) is 26.1. The van der Waals surface area contributed by atoms with Gasteiger partial charge in [-0.3, -0.25) is 4.79 Å². The zero-order valence-corrected chi connectivity index (χ0v) is 11.3. The Morgan fingerprint density at radius 2 is 1.75 bits per heavy atom. The van der Waals surface area contributed by atoms with Crippen molar-refractivity contribution in [2.24, 2.45) is 5.41 Å². The van der Waals surface area contributed by atoms with Gasteiger partial charge in [0.15, 0.2) is 5.60 Å². The van der Waals surface area contributed by atoms with E-state index in [4.69, 9.17) is 9.47 Å².